The monoisotopic (exact) mass is 250 g/mol. The number of hydrogen-bond acceptors (Lipinski definition) is 4. The fraction of sp³-hybridized carbons (Fsp3) is 1.00. The molecule has 0 saturated carbocycles. The zero-order chi connectivity index (χ0) is 12.6. The Labute approximate surface area is 98.1 Å². The van der Waals surface area contributed by atoms with Gasteiger partial charge in [0.25, 0.3) is 0 Å². The lowest BCUT2D eigenvalue weighted by Gasteiger charge is -2.45. The number of piperazine rings is 1. The first-order valence-electron chi connectivity index (χ1n) is 5.53. The molecule has 0 aromatic carbocycles. The van der Waals surface area contributed by atoms with Crippen molar-refractivity contribution in [3.63, 3.8) is 0 Å². The first-order valence-corrected chi connectivity index (χ1v) is 7.03. The van der Waals surface area contributed by atoms with Crippen molar-refractivity contribution in [1.29, 1.82) is 0 Å². The molecule has 1 aliphatic rings. The van der Waals surface area contributed by atoms with E-state index in [1.165, 1.54) is 4.31 Å². The van der Waals surface area contributed by atoms with Crippen LogP contribution in [-0.2, 0) is 10.0 Å². The number of nitrogens with zero attached hydrogens (tertiary/aromatic N) is 2. The molecule has 1 unspecified atom stereocenters. The summed E-state index contributed by atoms with van der Waals surface area (Å²) in [6.07, 6.45) is 0. The van der Waals surface area contributed by atoms with E-state index in [2.05, 4.69) is 4.90 Å². The van der Waals surface area contributed by atoms with Crippen molar-refractivity contribution < 1.29 is 13.5 Å². The Hall–Kier alpha value is -0.170. The number of likely N-dealkylation sites (N-methyl/N-ethyl adjacent to an activating group) is 1. The van der Waals surface area contributed by atoms with E-state index in [0.29, 0.717) is 13.1 Å². The highest BCUT2D eigenvalue weighted by Gasteiger charge is 2.38. The average Bonchev–Trinajstić information content (AvgIpc) is 2.20. The van der Waals surface area contributed by atoms with Crippen LogP contribution in [0.2, 0.25) is 0 Å². The molecule has 1 rings (SSSR count). The van der Waals surface area contributed by atoms with Crippen LogP contribution in [-0.4, -0.2) is 66.8 Å². The number of aliphatic hydroxyl groups excluding tert-OH is 1. The van der Waals surface area contributed by atoms with E-state index in [9.17, 15) is 8.42 Å². The van der Waals surface area contributed by atoms with Crippen molar-refractivity contribution in [1.82, 2.24) is 9.21 Å². The van der Waals surface area contributed by atoms with Gasteiger partial charge < -0.3 is 5.11 Å². The van der Waals surface area contributed by atoms with Crippen molar-refractivity contribution in [2.45, 2.75) is 31.6 Å². The highest BCUT2D eigenvalue weighted by atomic mass is 32.2. The minimum absolute atomic E-state index is 0.152. The fourth-order valence-corrected chi connectivity index (χ4v) is 3.29. The summed E-state index contributed by atoms with van der Waals surface area (Å²) < 4.78 is 25.6. The summed E-state index contributed by atoms with van der Waals surface area (Å²) in [5, 5.41) is 8.25. The second-order valence-electron chi connectivity index (χ2n) is 5.11. The molecule has 96 valence electrons. The maximum absolute atomic E-state index is 12.1. The normalized spacial score (nSPS) is 25.6. The summed E-state index contributed by atoms with van der Waals surface area (Å²) >= 11 is 0. The van der Waals surface area contributed by atoms with Gasteiger partial charge in [0.2, 0.25) is 10.0 Å². The molecule has 0 radical (unpaired) electrons. The molecule has 1 fully saturated rings. The Bertz CT molecular complexity index is 340. The van der Waals surface area contributed by atoms with Gasteiger partial charge in [-0.3, -0.25) is 4.90 Å². The third kappa shape index (κ3) is 2.56. The van der Waals surface area contributed by atoms with Crippen LogP contribution in [0.15, 0.2) is 0 Å². The third-order valence-corrected chi connectivity index (χ3v) is 5.60. The van der Waals surface area contributed by atoms with Crippen molar-refractivity contribution in [2.24, 2.45) is 0 Å². The van der Waals surface area contributed by atoms with Gasteiger partial charge in [0, 0.05) is 25.2 Å². The van der Waals surface area contributed by atoms with Gasteiger partial charge in [-0.2, -0.15) is 4.31 Å². The third-order valence-electron chi connectivity index (χ3n) is 3.41. The predicted octanol–water partition coefficient (Wildman–Crippen LogP) is -0.277. The molecule has 1 saturated heterocycles. The topological polar surface area (TPSA) is 60.9 Å². The summed E-state index contributed by atoms with van der Waals surface area (Å²) in [6.45, 7) is 6.99. The first kappa shape index (κ1) is 13.9. The SMILES string of the molecule is CC(CO)S(=O)(=O)N1CCN(C)C(C)(C)C1. The molecule has 0 aliphatic carbocycles. The number of aliphatic hydroxyl groups is 1. The highest BCUT2D eigenvalue weighted by Crippen LogP contribution is 2.22. The van der Waals surface area contributed by atoms with E-state index in [1.54, 1.807) is 6.92 Å². The fourth-order valence-electron chi connectivity index (χ4n) is 1.76. The summed E-state index contributed by atoms with van der Waals surface area (Å²) in [7, 11) is -1.35. The lowest BCUT2D eigenvalue weighted by atomic mass is 10.0. The number of rotatable bonds is 3. The molecule has 0 bridgehead atoms. The lowest BCUT2D eigenvalue weighted by molar-refractivity contribution is 0.0793. The zero-order valence-electron chi connectivity index (χ0n) is 10.5. The lowest BCUT2D eigenvalue weighted by Crippen LogP contribution is -2.60. The van der Waals surface area contributed by atoms with Crippen LogP contribution < -0.4 is 0 Å². The molecule has 1 aliphatic heterocycles. The molecule has 16 heavy (non-hydrogen) atoms. The highest BCUT2D eigenvalue weighted by molar-refractivity contribution is 7.89. The van der Waals surface area contributed by atoms with E-state index in [-0.39, 0.29) is 12.1 Å². The largest absolute Gasteiger partial charge is 0.395 e. The number of sulfonamides is 1. The maximum atomic E-state index is 12.1. The van der Waals surface area contributed by atoms with Crippen LogP contribution in [0.1, 0.15) is 20.8 Å². The van der Waals surface area contributed by atoms with Crippen LogP contribution in [0.4, 0.5) is 0 Å². The van der Waals surface area contributed by atoms with E-state index >= 15 is 0 Å². The standard InChI is InChI=1S/C10H22N2O3S/c1-9(7-13)16(14,15)12-6-5-11(4)10(2,3)8-12/h9,13H,5-8H2,1-4H3. The maximum Gasteiger partial charge on any atom is 0.219 e. The minimum Gasteiger partial charge on any atom is -0.395 e. The summed E-state index contributed by atoms with van der Waals surface area (Å²) in [5.74, 6) is 0. The van der Waals surface area contributed by atoms with Crippen molar-refractivity contribution in [2.75, 3.05) is 33.3 Å². The van der Waals surface area contributed by atoms with Gasteiger partial charge in [-0.25, -0.2) is 8.42 Å². The Morgan fingerprint density at radius 2 is 1.94 bits per heavy atom. The average molecular weight is 250 g/mol. The molecule has 6 heteroatoms. The summed E-state index contributed by atoms with van der Waals surface area (Å²) in [4.78, 5) is 2.16. The Balaban J connectivity index is 2.85. The molecule has 0 amide bonds. The van der Waals surface area contributed by atoms with Gasteiger partial charge in [-0.15, -0.1) is 0 Å². The second kappa shape index (κ2) is 4.60. The molecule has 1 heterocycles. The Kier molecular flexibility index (Phi) is 3.99. The van der Waals surface area contributed by atoms with Crippen LogP contribution in [0.25, 0.3) is 0 Å². The van der Waals surface area contributed by atoms with Gasteiger partial charge in [0.15, 0.2) is 0 Å². The smallest absolute Gasteiger partial charge is 0.219 e. The van der Waals surface area contributed by atoms with Crippen LogP contribution in [0.5, 0.6) is 0 Å². The van der Waals surface area contributed by atoms with E-state index in [4.69, 9.17) is 5.11 Å². The van der Waals surface area contributed by atoms with Crippen molar-refractivity contribution >= 4 is 10.0 Å². The van der Waals surface area contributed by atoms with Gasteiger partial charge in [-0.05, 0) is 27.8 Å². The Morgan fingerprint density at radius 3 is 2.38 bits per heavy atom. The van der Waals surface area contributed by atoms with Crippen LogP contribution >= 0.6 is 0 Å². The molecule has 0 spiro atoms. The summed E-state index contributed by atoms with van der Waals surface area (Å²) in [6, 6.07) is 0. The van der Waals surface area contributed by atoms with Gasteiger partial charge in [-0.1, -0.05) is 0 Å². The molecular weight excluding hydrogens is 228 g/mol. The molecule has 5 nitrogen and oxygen atoms in total. The number of hydrogen-bond donors (Lipinski definition) is 1. The molecule has 0 aromatic heterocycles. The van der Waals surface area contributed by atoms with Gasteiger partial charge >= 0.3 is 0 Å². The minimum atomic E-state index is -3.35. The van der Waals surface area contributed by atoms with Gasteiger partial charge in [0.1, 0.15) is 0 Å². The van der Waals surface area contributed by atoms with E-state index in [1.807, 2.05) is 20.9 Å². The Morgan fingerprint density at radius 1 is 1.38 bits per heavy atom. The van der Waals surface area contributed by atoms with E-state index in [0.717, 1.165) is 6.54 Å². The van der Waals surface area contributed by atoms with Crippen LogP contribution in [0, 0.1) is 0 Å². The van der Waals surface area contributed by atoms with Crippen molar-refractivity contribution in [3.8, 4) is 0 Å². The zero-order valence-corrected chi connectivity index (χ0v) is 11.3. The molecular formula is C10H22N2O3S. The molecule has 0 aromatic rings. The first-order chi connectivity index (χ1) is 7.21. The van der Waals surface area contributed by atoms with Gasteiger partial charge in [0.05, 0.1) is 11.9 Å². The van der Waals surface area contributed by atoms with Crippen LogP contribution in [0.3, 0.4) is 0 Å². The van der Waals surface area contributed by atoms with Crippen molar-refractivity contribution in [3.05, 3.63) is 0 Å². The predicted molar refractivity (Wildman–Crippen MR) is 63.7 cm³/mol. The molecule has 1 N–H and O–H groups in total. The second-order valence-corrected chi connectivity index (χ2v) is 7.46. The van der Waals surface area contributed by atoms with E-state index < -0.39 is 15.3 Å². The summed E-state index contributed by atoms with van der Waals surface area (Å²) in [5.41, 5.74) is -0.152. The molecule has 1 atom stereocenters. The quantitative estimate of drug-likeness (QED) is 0.748.